The average molecular weight is 279 g/mol. The van der Waals surface area contributed by atoms with Crippen LogP contribution in [0.5, 0.6) is 5.75 Å². The van der Waals surface area contributed by atoms with E-state index in [1.165, 1.54) is 11.3 Å². The predicted octanol–water partition coefficient (Wildman–Crippen LogP) is 2.43. The van der Waals surface area contributed by atoms with Crippen LogP contribution in [0.4, 0.5) is 5.13 Å². The van der Waals surface area contributed by atoms with E-state index < -0.39 is 0 Å². The maximum absolute atomic E-state index is 9.05. The lowest BCUT2D eigenvalue weighted by Crippen LogP contribution is -1.98. The van der Waals surface area contributed by atoms with Crippen molar-refractivity contribution in [1.82, 2.24) is 10.2 Å². The van der Waals surface area contributed by atoms with Crippen LogP contribution in [0.3, 0.4) is 0 Å². The highest BCUT2D eigenvalue weighted by Gasteiger charge is 2.04. The number of anilines is 1. The molecule has 0 aliphatic carbocycles. The van der Waals surface area contributed by atoms with Gasteiger partial charge in [-0.3, -0.25) is 0 Å². The zero-order valence-corrected chi connectivity index (χ0v) is 11.6. The minimum atomic E-state index is 0.0150. The van der Waals surface area contributed by atoms with Gasteiger partial charge in [-0.25, -0.2) is 0 Å². The van der Waals surface area contributed by atoms with Crippen LogP contribution in [0.25, 0.3) is 0 Å². The van der Waals surface area contributed by atoms with Gasteiger partial charge in [0.25, 0.3) is 0 Å². The van der Waals surface area contributed by atoms with Gasteiger partial charge in [-0.15, -0.1) is 10.2 Å². The standard InChI is InChI=1S/C13H17N3O2S/c1-2-6-14-13-16-15-12(19-13)9-18-11-5-3-4-10(7-11)8-17/h3-5,7,17H,2,6,8-9H2,1H3,(H,14,16). The van der Waals surface area contributed by atoms with Gasteiger partial charge in [0.2, 0.25) is 5.13 Å². The molecular formula is C13H17N3O2S. The Labute approximate surface area is 116 Å². The van der Waals surface area contributed by atoms with Crippen molar-refractivity contribution in [2.75, 3.05) is 11.9 Å². The predicted molar refractivity (Wildman–Crippen MR) is 75.4 cm³/mol. The summed E-state index contributed by atoms with van der Waals surface area (Å²) in [6, 6.07) is 7.38. The van der Waals surface area contributed by atoms with Crippen LogP contribution in [0, 0.1) is 0 Å². The smallest absolute Gasteiger partial charge is 0.205 e. The number of aromatic nitrogens is 2. The second-order valence-corrected chi connectivity index (χ2v) is 5.08. The Morgan fingerprint density at radius 3 is 3.05 bits per heavy atom. The minimum Gasteiger partial charge on any atom is -0.486 e. The summed E-state index contributed by atoms with van der Waals surface area (Å²) in [4.78, 5) is 0. The zero-order chi connectivity index (χ0) is 13.5. The molecule has 102 valence electrons. The molecule has 2 rings (SSSR count). The Hall–Kier alpha value is -1.66. The lowest BCUT2D eigenvalue weighted by Gasteiger charge is -2.04. The normalized spacial score (nSPS) is 10.4. The summed E-state index contributed by atoms with van der Waals surface area (Å²) < 4.78 is 5.62. The number of nitrogens with zero attached hydrogens (tertiary/aromatic N) is 2. The highest BCUT2D eigenvalue weighted by atomic mass is 32.1. The molecule has 0 spiro atoms. The first-order valence-corrected chi connectivity index (χ1v) is 7.02. The van der Waals surface area contributed by atoms with Gasteiger partial charge >= 0.3 is 0 Å². The van der Waals surface area contributed by atoms with Crippen molar-refractivity contribution in [2.24, 2.45) is 0 Å². The van der Waals surface area contributed by atoms with E-state index in [4.69, 9.17) is 9.84 Å². The molecule has 0 atom stereocenters. The third-order valence-electron chi connectivity index (χ3n) is 2.44. The topological polar surface area (TPSA) is 67.3 Å². The van der Waals surface area contributed by atoms with E-state index in [9.17, 15) is 0 Å². The first-order valence-electron chi connectivity index (χ1n) is 6.20. The molecule has 0 bridgehead atoms. The molecule has 0 amide bonds. The van der Waals surface area contributed by atoms with Gasteiger partial charge in [0.05, 0.1) is 6.61 Å². The summed E-state index contributed by atoms with van der Waals surface area (Å²) >= 11 is 1.49. The van der Waals surface area contributed by atoms with E-state index in [1.807, 2.05) is 24.3 Å². The van der Waals surface area contributed by atoms with E-state index in [1.54, 1.807) is 0 Å². The Balaban J connectivity index is 1.89. The Morgan fingerprint density at radius 1 is 1.37 bits per heavy atom. The van der Waals surface area contributed by atoms with E-state index in [0.717, 1.165) is 34.4 Å². The van der Waals surface area contributed by atoms with Gasteiger partial charge in [-0.05, 0) is 24.1 Å². The molecule has 0 saturated carbocycles. The van der Waals surface area contributed by atoms with Crippen LogP contribution in [0.1, 0.15) is 23.9 Å². The fourth-order valence-electron chi connectivity index (χ4n) is 1.49. The summed E-state index contributed by atoms with van der Waals surface area (Å²) in [7, 11) is 0. The maximum Gasteiger partial charge on any atom is 0.205 e. The van der Waals surface area contributed by atoms with Crippen LogP contribution in [0.2, 0.25) is 0 Å². The lowest BCUT2D eigenvalue weighted by atomic mass is 10.2. The summed E-state index contributed by atoms with van der Waals surface area (Å²) in [6.45, 7) is 3.40. The highest BCUT2D eigenvalue weighted by molar-refractivity contribution is 7.15. The fourth-order valence-corrected chi connectivity index (χ4v) is 2.17. The Bertz CT molecular complexity index is 516. The molecule has 0 unspecified atom stereocenters. The SMILES string of the molecule is CCCNc1nnc(COc2cccc(CO)c2)s1. The first kappa shape index (κ1) is 13.8. The molecule has 0 fully saturated rings. The van der Waals surface area contributed by atoms with Crippen LogP contribution in [-0.2, 0) is 13.2 Å². The third kappa shape index (κ3) is 4.18. The van der Waals surface area contributed by atoms with E-state index in [0.29, 0.717) is 6.61 Å². The van der Waals surface area contributed by atoms with Crippen molar-refractivity contribution in [3.05, 3.63) is 34.8 Å². The molecule has 1 heterocycles. The van der Waals surface area contributed by atoms with Gasteiger partial charge < -0.3 is 15.2 Å². The molecule has 0 radical (unpaired) electrons. The molecule has 19 heavy (non-hydrogen) atoms. The number of aliphatic hydroxyl groups excluding tert-OH is 1. The van der Waals surface area contributed by atoms with E-state index in [2.05, 4.69) is 22.4 Å². The number of ether oxygens (including phenoxy) is 1. The number of hydrogen-bond acceptors (Lipinski definition) is 6. The third-order valence-corrected chi connectivity index (χ3v) is 3.29. The largest absolute Gasteiger partial charge is 0.486 e. The molecule has 6 heteroatoms. The number of nitrogens with one attached hydrogen (secondary N) is 1. The monoisotopic (exact) mass is 279 g/mol. The lowest BCUT2D eigenvalue weighted by molar-refractivity contribution is 0.278. The molecular weight excluding hydrogens is 262 g/mol. The number of hydrogen-bond donors (Lipinski definition) is 2. The zero-order valence-electron chi connectivity index (χ0n) is 10.8. The van der Waals surface area contributed by atoms with Crippen LogP contribution >= 0.6 is 11.3 Å². The van der Waals surface area contributed by atoms with Crippen molar-refractivity contribution in [3.63, 3.8) is 0 Å². The Morgan fingerprint density at radius 2 is 2.26 bits per heavy atom. The van der Waals surface area contributed by atoms with E-state index in [-0.39, 0.29) is 6.61 Å². The van der Waals surface area contributed by atoms with Crippen molar-refractivity contribution in [1.29, 1.82) is 0 Å². The molecule has 5 nitrogen and oxygen atoms in total. The Kier molecular flexibility index (Phi) is 5.11. The molecule has 1 aromatic carbocycles. The van der Waals surface area contributed by atoms with E-state index >= 15 is 0 Å². The molecule has 0 saturated heterocycles. The molecule has 1 aromatic heterocycles. The molecule has 0 aliphatic heterocycles. The number of benzene rings is 1. The van der Waals surface area contributed by atoms with Gasteiger partial charge in [0, 0.05) is 6.54 Å². The first-order chi connectivity index (χ1) is 9.31. The summed E-state index contributed by atoms with van der Waals surface area (Å²) in [6.07, 6.45) is 1.05. The van der Waals surface area contributed by atoms with Crippen molar-refractivity contribution >= 4 is 16.5 Å². The quantitative estimate of drug-likeness (QED) is 0.814. The van der Waals surface area contributed by atoms with Gasteiger partial charge in [-0.1, -0.05) is 30.4 Å². The van der Waals surface area contributed by atoms with Crippen LogP contribution in [-0.4, -0.2) is 21.8 Å². The molecule has 2 N–H and O–H groups in total. The molecule has 2 aromatic rings. The average Bonchev–Trinajstić information content (AvgIpc) is 2.91. The summed E-state index contributed by atoms with van der Waals surface area (Å²) in [5, 5.41) is 22.0. The van der Waals surface area contributed by atoms with Crippen molar-refractivity contribution in [2.45, 2.75) is 26.6 Å². The van der Waals surface area contributed by atoms with Crippen LogP contribution in [0.15, 0.2) is 24.3 Å². The van der Waals surface area contributed by atoms with Crippen molar-refractivity contribution < 1.29 is 9.84 Å². The number of aliphatic hydroxyl groups is 1. The van der Waals surface area contributed by atoms with Crippen molar-refractivity contribution in [3.8, 4) is 5.75 Å². The highest BCUT2D eigenvalue weighted by Crippen LogP contribution is 2.19. The van der Waals surface area contributed by atoms with Crippen LogP contribution < -0.4 is 10.1 Å². The number of rotatable bonds is 7. The van der Waals surface area contributed by atoms with Gasteiger partial charge in [0.15, 0.2) is 5.01 Å². The van der Waals surface area contributed by atoms with Gasteiger partial charge in [0.1, 0.15) is 12.4 Å². The van der Waals surface area contributed by atoms with Gasteiger partial charge in [-0.2, -0.15) is 0 Å². The maximum atomic E-state index is 9.05. The second-order valence-electron chi connectivity index (χ2n) is 4.02. The summed E-state index contributed by atoms with van der Waals surface area (Å²) in [5.41, 5.74) is 0.833. The summed E-state index contributed by atoms with van der Waals surface area (Å²) in [5.74, 6) is 0.727. The molecule has 0 aliphatic rings. The minimum absolute atomic E-state index is 0.0150. The second kappa shape index (κ2) is 7.06. The fraction of sp³-hybridized carbons (Fsp3) is 0.385.